The van der Waals surface area contributed by atoms with Crippen LogP contribution in [0.2, 0.25) is 0 Å². The zero-order chi connectivity index (χ0) is 13.2. The minimum Gasteiger partial charge on any atom is -0.508 e. The summed E-state index contributed by atoms with van der Waals surface area (Å²) in [5.74, 6) is 1.34. The van der Waals surface area contributed by atoms with Crippen molar-refractivity contribution < 1.29 is 9.90 Å². The summed E-state index contributed by atoms with van der Waals surface area (Å²) >= 11 is 0. The van der Waals surface area contributed by atoms with E-state index in [9.17, 15) is 9.90 Å². The van der Waals surface area contributed by atoms with Crippen LogP contribution in [0.5, 0.6) is 5.75 Å². The third-order valence-corrected chi connectivity index (χ3v) is 3.76. The van der Waals surface area contributed by atoms with Crippen molar-refractivity contribution in [3.8, 4) is 5.75 Å². The number of aromatic hydroxyl groups is 1. The predicted molar refractivity (Wildman–Crippen MR) is 74.4 cm³/mol. The fourth-order valence-electron chi connectivity index (χ4n) is 2.64. The van der Waals surface area contributed by atoms with E-state index in [1.54, 1.807) is 18.3 Å². The van der Waals surface area contributed by atoms with E-state index in [4.69, 9.17) is 0 Å². The second-order valence-electron chi connectivity index (χ2n) is 5.00. The summed E-state index contributed by atoms with van der Waals surface area (Å²) in [4.78, 5) is 17.4. The van der Waals surface area contributed by atoms with Gasteiger partial charge in [-0.1, -0.05) is 6.07 Å². The van der Waals surface area contributed by atoms with Crippen LogP contribution < -0.4 is 4.90 Å². The molecule has 1 aliphatic rings. The Morgan fingerprint density at radius 3 is 2.79 bits per heavy atom. The number of pyridine rings is 1. The number of carbonyl (C=O) groups excluding carboxylic acids is 1. The molecule has 0 unspecified atom stereocenters. The second kappa shape index (κ2) is 4.88. The monoisotopic (exact) mass is 256 g/mol. The number of aromatic nitrogens is 1. The van der Waals surface area contributed by atoms with E-state index in [1.807, 2.05) is 12.1 Å². The van der Waals surface area contributed by atoms with Crippen molar-refractivity contribution in [3.63, 3.8) is 0 Å². The number of phenolic OH excluding ortho intramolecular Hbond substituents is 1. The smallest absolute Gasteiger partial charge is 0.136 e. The molecule has 1 saturated heterocycles. The molecule has 0 saturated carbocycles. The lowest BCUT2D eigenvalue weighted by molar-refractivity contribution is -0.111. The van der Waals surface area contributed by atoms with Crippen LogP contribution in [-0.2, 0) is 4.79 Å². The minimum atomic E-state index is 0.180. The van der Waals surface area contributed by atoms with Crippen molar-refractivity contribution >= 4 is 22.9 Å². The first-order chi connectivity index (χ1) is 9.28. The molecule has 98 valence electrons. The summed E-state index contributed by atoms with van der Waals surface area (Å²) < 4.78 is 0. The molecule has 2 heterocycles. The molecular weight excluding hydrogens is 240 g/mol. The molecule has 1 N–H and O–H groups in total. The van der Waals surface area contributed by atoms with Crippen LogP contribution in [0.15, 0.2) is 30.5 Å². The normalized spacial score (nSPS) is 16.7. The van der Waals surface area contributed by atoms with Crippen LogP contribution >= 0.6 is 0 Å². The Bertz CT molecular complexity index is 604. The van der Waals surface area contributed by atoms with E-state index in [1.165, 1.54) is 0 Å². The van der Waals surface area contributed by atoms with Crippen molar-refractivity contribution in [1.29, 1.82) is 0 Å². The van der Waals surface area contributed by atoms with Gasteiger partial charge in [-0.05, 0) is 36.4 Å². The Labute approximate surface area is 111 Å². The van der Waals surface area contributed by atoms with Crippen molar-refractivity contribution in [1.82, 2.24) is 4.98 Å². The van der Waals surface area contributed by atoms with Gasteiger partial charge in [0.05, 0.1) is 0 Å². The third kappa shape index (κ3) is 2.26. The number of rotatable bonds is 2. The lowest BCUT2D eigenvalue weighted by Crippen LogP contribution is -2.34. The van der Waals surface area contributed by atoms with Crippen LogP contribution in [-0.4, -0.2) is 29.5 Å². The number of hydrogen-bond acceptors (Lipinski definition) is 4. The molecule has 19 heavy (non-hydrogen) atoms. The highest BCUT2D eigenvalue weighted by Gasteiger charge is 2.20. The Kier molecular flexibility index (Phi) is 3.07. The number of nitrogens with zero attached hydrogens (tertiary/aromatic N) is 2. The van der Waals surface area contributed by atoms with Crippen molar-refractivity contribution in [2.45, 2.75) is 12.8 Å². The van der Waals surface area contributed by atoms with Gasteiger partial charge < -0.3 is 14.8 Å². The maximum Gasteiger partial charge on any atom is 0.136 e. The first kappa shape index (κ1) is 12.0. The number of aldehydes is 1. The average Bonchev–Trinajstić information content (AvgIpc) is 2.47. The highest BCUT2D eigenvalue weighted by Crippen LogP contribution is 2.30. The summed E-state index contributed by atoms with van der Waals surface area (Å²) in [6.45, 7) is 1.68. The number of benzene rings is 1. The first-order valence-electron chi connectivity index (χ1n) is 6.56. The number of carbonyl (C=O) groups is 1. The van der Waals surface area contributed by atoms with Crippen molar-refractivity contribution in [2.24, 2.45) is 5.92 Å². The molecule has 1 fully saturated rings. The van der Waals surface area contributed by atoms with Gasteiger partial charge in [-0.2, -0.15) is 0 Å². The minimum absolute atomic E-state index is 0.180. The van der Waals surface area contributed by atoms with E-state index in [0.29, 0.717) is 0 Å². The molecule has 4 nitrogen and oxygen atoms in total. The summed E-state index contributed by atoms with van der Waals surface area (Å²) in [5.41, 5.74) is 0. The lowest BCUT2D eigenvalue weighted by Gasteiger charge is -2.31. The Morgan fingerprint density at radius 1 is 1.26 bits per heavy atom. The topological polar surface area (TPSA) is 53.4 Å². The van der Waals surface area contributed by atoms with Gasteiger partial charge in [0.2, 0.25) is 0 Å². The molecule has 0 spiro atoms. The van der Waals surface area contributed by atoms with Gasteiger partial charge in [0, 0.05) is 30.6 Å². The predicted octanol–water partition coefficient (Wildman–Crippen LogP) is 2.36. The number of anilines is 1. The Balaban J connectivity index is 1.96. The van der Waals surface area contributed by atoms with Crippen LogP contribution in [0.1, 0.15) is 12.8 Å². The van der Waals surface area contributed by atoms with Gasteiger partial charge in [-0.25, -0.2) is 4.98 Å². The van der Waals surface area contributed by atoms with Crippen LogP contribution in [0, 0.1) is 5.92 Å². The molecule has 0 amide bonds. The van der Waals surface area contributed by atoms with Gasteiger partial charge in [0.25, 0.3) is 0 Å². The molecular formula is C15H16N2O2. The third-order valence-electron chi connectivity index (χ3n) is 3.76. The standard InChI is InChI=1S/C15H16N2O2/c18-10-11-4-7-17(8-5-11)15-14-9-13(19)2-1-12(14)3-6-16-15/h1-3,6,9-11,19H,4-5,7-8H2. The fraction of sp³-hybridized carbons (Fsp3) is 0.333. The largest absolute Gasteiger partial charge is 0.508 e. The molecule has 4 heteroatoms. The number of hydrogen-bond donors (Lipinski definition) is 1. The van der Waals surface area contributed by atoms with Crippen LogP contribution in [0.25, 0.3) is 10.8 Å². The quantitative estimate of drug-likeness (QED) is 0.838. The Morgan fingerprint density at radius 2 is 2.05 bits per heavy atom. The van der Waals surface area contributed by atoms with Gasteiger partial charge in [0.15, 0.2) is 0 Å². The summed E-state index contributed by atoms with van der Waals surface area (Å²) in [5, 5.41) is 11.7. The van der Waals surface area contributed by atoms with E-state index >= 15 is 0 Å². The van der Waals surface area contributed by atoms with Crippen LogP contribution in [0.3, 0.4) is 0 Å². The highest BCUT2D eigenvalue weighted by molar-refractivity contribution is 5.93. The maximum atomic E-state index is 10.8. The van der Waals surface area contributed by atoms with Crippen LogP contribution in [0.4, 0.5) is 5.82 Å². The molecule has 1 aromatic heterocycles. The molecule has 1 aliphatic heterocycles. The number of fused-ring (bicyclic) bond motifs is 1. The maximum absolute atomic E-state index is 10.8. The molecule has 0 radical (unpaired) electrons. The molecule has 2 aromatic rings. The van der Waals surface area contributed by atoms with Crippen molar-refractivity contribution in [2.75, 3.05) is 18.0 Å². The van der Waals surface area contributed by atoms with Crippen molar-refractivity contribution in [3.05, 3.63) is 30.5 Å². The van der Waals surface area contributed by atoms with Gasteiger partial charge in [-0.3, -0.25) is 0 Å². The number of phenols is 1. The van der Waals surface area contributed by atoms with Gasteiger partial charge in [-0.15, -0.1) is 0 Å². The van der Waals surface area contributed by atoms with Gasteiger partial charge >= 0.3 is 0 Å². The highest BCUT2D eigenvalue weighted by atomic mass is 16.3. The Hall–Kier alpha value is -2.10. The van der Waals surface area contributed by atoms with E-state index in [-0.39, 0.29) is 11.7 Å². The summed E-state index contributed by atoms with van der Waals surface area (Å²) in [6.07, 6.45) is 4.60. The lowest BCUT2D eigenvalue weighted by atomic mass is 9.98. The number of piperidine rings is 1. The summed E-state index contributed by atoms with van der Waals surface area (Å²) in [6, 6.07) is 7.28. The van der Waals surface area contributed by atoms with E-state index in [2.05, 4.69) is 9.88 Å². The molecule has 0 bridgehead atoms. The first-order valence-corrected chi connectivity index (χ1v) is 6.56. The zero-order valence-electron chi connectivity index (χ0n) is 10.6. The molecule has 0 aliphatic carbocycles. The SMILES string of the molecule is O=CC1CCN(c2nccc3ccc(O)cc23)CC1. The fourth-order valence-corrected chi connectivity index (χ4v) is 2.64. The zero-order valence-corrected chi connectivity index (χ0v) is 10.6. The molecule has 0 atom stereocenters. The second-order valence-corrected chi connectivity index (χ2v) is 5.00. The molecule has 1 aromatic carbocycles. The summed E-state index contributed by atoms with van der Waals surface area (Å²) in [7, 11) is 0. The van der Waals surface area contributed by atoms with E-state index in [0.717, 1.165) is 48.8 Å². The van der Waals surface area contributed by atoms with Gasteiger partial charge in [0.1, 0.15) is 17.9 Å². The molecule has 3 rings (SSSR count). The van der Waals surface area contributed by atoms with E-state index < -0.39 is 0 Å². The average molecular weight is 256 g/mol.